The SMILES string of the molecule is COc1ccc(Cn2c(SCC(=O)Nc3cccc(C)c3C)nc3ccsc3c2=O)cc1. The van der Waals surface area contributed by atoms with Crippen LogP contribution in [0.4, 0.5) is 5.69 Å². The average molecular weight is 466 g/mol. The molecule has 8 heteroatoms. The molecule has 0 aliphatic heterocycles. The summed E-state index contributed by atoms with van der Waals surface area (Å²) in [6.07, 6.45) is 0. The van der Waals surface area contributed by atoms with Gasteiger partial charge in [-0.2, -0.15) is 0 Å². The van der Waals surface area contributed by atoms with Crippen LogP contribution in [0, 0.1) is 13.8 Å². The number of methoxy groups -OCH3 is 1. The van der Waals surface area contributed by atoms with Gasteiger partial charge in [0.15, 0.2) is 5.16 Å². The van der Waals surface area contributed by atoms with E-state index in [2.05, 4.69) is 10.3 Å². The highest BCUT2D eigenvalue weighted by atomic mass is 32.2. The molecule has 0 radical (unpaired) electrons. The Labute approximate surface area is 194 Å². The number of thiophene rings is 1. The molecule has 2 aromatic carbocycles. The van der Waals surface area contributed by atoms with Gasteiger partial charge in [0.25, 0.3) is 5.56 Å². The fraction of sp³-hybridized carbons (Fsp3) is 0.208. The van der Waals surface area contributed by atoms with E-state index in [1.54, 1.807) is 11.7 Å². The molecule has 0 atom stereocenters. The van der Waals surface area contributed by atoms with Crippen molar-refractivity contribution in [3.8, 4) is 5.75 Å². The molecule has 4 aromatic rings. The molecule has 0 aliphatic carbocycles. The quantitative estimate of drug-likeness (QED) is 0.312. The molecule has 0 saturated carbocycles. The van der Waals surface area contributed by atoms with Crippen molar-refractivity contribution >= 4 is 44.9 Å². The van der Waals surface area contributed by atoms with E-state index in [0.29, 0.717) is 21.9 Å². The molecule has 1 amide bonds. The fourth-order valence-electron chi connectivity index (χ4n) is 3.29. The summed E-state index contributed by atoms with van der Waals surface area (Å²) in [5.74, 6) is 0.767. The van der Waals surface area contributed by atoms with Crippen LogP contribution in [0.1, 0.15) is 16.7 Å². The molecule has 0 bridgehead atoms. The van der Waals surface area contributed by atoms with Crippen LogP contribution >= 0.6 is 23.1 Å². The Bertz CT molecular complexity index is 1330. The topological polar surface area (TPSA) is 73.2 Å². The van der Waals surface area contributed by atoms with E-state index in [1.165, 1.54) is 23.1 Å². The summed E-state index contributed by atoms with van der Waals surface area (Å²) >= 11 is 2.64. The number of thioether (sulfide) groups is 1. The van der Waals surface area contributed by atoms with Crippen molar-refractivity contribution in [2.75, 3.05) is 18.2 Å². The molecule has 32 heavy (non-hydrogen) atoms. The van der Waals surface area contributed by atoms with Crippen LogP contribution in [0.2, 0.25) is 0 Å². The van der Waals surface area contributed by atoms with Gasteiger partial charge in [-0.15, -0.1) is 11.3 Å². The summed E-state index contributed by atoms with van der Waals surface area (Å²) in [5, 5.41) is 5.34. The zero-order chi connectivity index (χ0) is 22.7. The lowest BCUT2D eigenvalue weighted by atomic mass is 10.1. The molecule has 1 N–H and O–H groups in total. The highest BCUT2D eigenvalue weighted by molar-refractivity contribution is 7.99. The second kappa shape index (κ2) is 9.58. The molecule has 2 aromatic heterocycles. The van der Waals surface area contributed by atoms with Gasteiger partial charge in [-0.05, 0) is 60.2 Å². The fourth-order valence-corrected chi connectivity index (χ4v) is 4.87. The van der Waals surface area contributed by atoms with E-state index in [0.717, 1.165) is 28.1 Å². The maximum absolute atomic E-state index is 13.2. The number of carbonyl (C=O) groups excluding carboxylic acids is 1. The lowest BCUT2D eigenvalue weighted by Crippen LogP contribution is -2.24. The van der Waals surface area contributed by atoms with Gasteiger partial charge in [0, 0.05) is 5.69 Å². The van der Waals surface area contributed by atoms with Gasteiger partial charge in [-0.25, -0.2) is 4.98 Å². The Morgan fingerprint density at radius 1 is 1.16 bits per heavy atom. The number of aryl methyl sites for hydroxylation is 1. The molecule has 0 unspecified atom stereocenters. The van der Waals surface area contributed by atoms with Gasteiger partial charge in [-0.1, -0.05) is 36.0 Å². The second-order valence-electron chi connectivity index (χ2n) is 7.35. The van der Waals surface area contributed by atoms with Gasteiger partial charge in [-0.3, -0.25) is 14.2 Å². The average Bonchev–Trinajstić information content (AvgIpc) is 3.27. The van der Waals surface area contributed by atoms with Crippen LogP contribution in [0.3, 0.4) is 0 Å². The zero-order valence-corrected chi connectivity index (χ0v) is 19.7. The van der Waals surface area contributed by atoms with E-state index in [4.69, 9.17) is 4.74 Å². The van der Waals surface area contributed by atoms with Gasteiger partial charge in [0.1, 0.15) is 10.4 Å². The highest BCUT2D eigenvalue weighted by Gasteiger charge is 2.15. The summed E-state index contributed by atoms with van der Waals surface area (Å²) in [6.45, 7) is 4.36. The standard InChI is InChI=1S/C24H23N3O3S2/c1-15-5-4-6-19(16(15)2)25-21(28)14-32-24-26-20-11-12-31-22(20)23(29)27(24)13-17-7-9-18(30-3)10-8-17/h4-12H,13-14H2,1-3H3,(H,25,28). The number of fused-ring (bicyclic) bond motifs is 1. The Hall–Kier alpha value is -3.10. The van der Waals surface area contributed by atoms with Crippen molar-refractivity contribution in [2.24, 2.45) is 0 Å². The van der Waals surface area contributed by atoms with Crippen LogP contribution in [-0.2, 0) is 11.3 Å². The third-order valence-corrected chi connectivity index (χ3v) is 7.11. The van der Waals surface area contributed by atoms with Gasteiger partial charge >= 0.3 is 0 Å². The molecule has 2 heterocycles. The summed E-state index contributed by atoms with van der Waals surface area (Å²) in [4.78, 5) is 30.4. The minimum atomic E-state index is -0.139. The molecule has 0 saturated heterocycles. The third kappa shape index (κ3) is 4.71. The Morgan fingerprint density at radius 2 is 1.94 bits per heavy atom. The van der Waals surface area contributed by atoms with Crippen molar-refractivity contribution < 1.29 is 9.53 Å². The maximum atomic E-state index is 13.2. The first-order valence-electron chi connectivity index (χ1n) is 10.1. The number of anilines is 1. The van der Waals surface area contributed by atoms with Gasteiger partial charge in [0.2, 0.25) is 5.91 Å². The minimum Gasteiger partial charge on any atom is -0.497 e. The first kappa shape index (κ1) is 22.1. The van der Waals surface area contributed by atoms with E-state index in [-0.39, 0.29) is 17.2 Å². The number of benzene rings is 2. The maximum Gasteiger partial charge on any atom is 0.272 e. The molecule has 0 spiro atoms. The smallest absolute Gasteiger partial charge is 0.272 e. The number of carbonyl (C=O) groups is 1. The van der Waals surface area contributed by atoms with Gasteiger partial charge in [0.05, 0.1) is 24.9 Å². The molecule has 0 fully saturated rings. The predicted octanol–water partition coefficient (Wildman–Crippen LogP) is 4.86. The normalized spacial score (nSPS) is 11.0. The Morgan fingerprint density at radius 3 is 2.69 bits per heavy atom. The van der Waals surface area contributed by atoms with Crippen LogP contribution in [0.25, 0.3) is 10.2 Å². The van der Waals surface area contributed by atoms with E-state index < -0.39 is 0 Å². The summed E-state index contributed by atoms with van der Waals surface area (Å²) in [6, 6.07) is 15.2. The number of nitrogens with one attached hydrogen (secondary N) is 1. The molecular formula is C24H23N3O3S2. The monoisotopic (exact) mass is 465 g/mol. The van der Waals surface area contributed by atoms with Crippen molar-refractivity contribution in [1.29, 1.82) is 0 Å². The van der Waals surface area contributed by atoms with Crippen molar-refractivity contribution in [3.63, 3.8) is 0 Å². The lowest BCUT2D eigenvalue weighted by molar-refractivity contribution is -0.113. The summed E-state index contributed by atoms with van der Waals surface area (Å²) in [7, 11) is 1.62. The molecule has 164 valence electrons. The first-order chi connectivity index (χ1) is 15.5. The van der Waals surface area contributed by atoms with E-state index in [9.17, 15) is 9.59 Å². The minimum absolute atomic E-state index is 0.0988. The number of ether oxygens (including phenoxy) is 1. The van der Waals surface area contributed by atoms with Crippen LogP contribution in [0.5, 0.6) is 5.75 Å². The predicted molar refractivity (Wildman–Crippen MR) is 131 cm³/mol. The zero-order valence-electron chi connectivity index (χ0n) is 18.0. The van der Waals surface area contributed by atoms with E-state index >= 15 is 0 Å². The van der Waals surface area contributed by atoms with Crippen LogP contribution in [0.15, 0.2) is 63.9 Å². The molecule has 6 nitrogen and oxygen atoms in total. The van der Waals surface area contributed by atoms with Crippen LogP contribution < -0.4 is 15.6 Å². The molecule has 4 rings (SSSR count). The number of aromatic nitrogens is 2. The number of hydrogen-bond donors (Lipinski definition) is 1. The molecule has 0 aliphatic rings. The second-order valence-corrected chi connectivity index (χ2v) is 9.21. The Kier molecular flexibility index (Phi) is 6.62. The summed E-state index contributed by atoms with van der Waals surface area (Å²) in [5.41, 5.74) is 4.47. The van der Waals surface area contributed by atoms with Crippen LogP contribution in [-0.4, -0.2) is 28.3 Å². The number of hydrogen-bond acceptors (Lipinski definition) is 6. The van der Waals surface area contributed by atoms with Crippen molar-refractivity contribution in [3.05, 3.63) is 81.0 Å². The van der Waals surface area contributed by atoms with Gasteiger partial charge < -0.3 is 10.1 Å². The third-order valence-electron chi connectivity index (χ3n) is 5.24. The number of amides is 1. The Balaban J connectivity index is 1.58. The largest absolute Gasteiger partial charge is 0.497 e. The first-order valence-corrected chi connectivity index (χ1v) is 11.9. The lowest BCUT2D eigenvalue weighted by Gasteiger charge is -2.13. The summed E-state index contributed by atoms with van der Waals surface area (Å²) < 4.78 is 7.46. The van der Waals surface area contributed by atoms with Crippen molar-refractivity contribution in [1.82, 2.24) is 9.55 Å². The number of nitrogens with zero attached hydrogens (tertiary/aromatic N) is 2. The van der Waals surface area contributed by atoms with Crippen molar-refractivity contribution in [2.45, 2.75) is 25.5 Å². The highest BCUT2D eigenvalue weighted by Crippen LogP contribution is 2.23. The van der Waals surface area contributed by atoms with E-state index in [1.807, 2.05) is 67.8 Å². The molecular weight excluding hydrogens is 442 g/mol. The number of rotatable bonds is 7.